The summed E-state index contributed by atoms with van der Waals surface area (Å²) in [5.41, 5.74) is 1.09. The smallest absolute Gasteiger partial charge is 0.253 e. The standard InChI is InChI=1S/C16H19N3O4S/c1-12-15(4-3-9-17-12)16(20)18-10-11-19-24(21,22)14-7-5-13(23-2)6-8-14/h3-9,19H,10-11H2,1-2H3,(H,18,20). The third kappa shape index (κ3) is 4.53. The van der Waals surface area contributed by atoms with Gasteiger partial charge in [-0.3, -0.25) is 9.78 Å². The number of aryl methyl sites for hydroxylation is 1. The quantitative estimate of drug-likeness (QED) is 0.730. The van der Waals surface area contributed by atoms with Crippen LogP contribution in [-0.2, 0) is 10.0 Å². The molecule has 1 aromatic heterocycles. The van der Waals surface area contributed by atoms with Gasteiger partial charge in [0.25, 0.3) is 5.91 Å². The molecule has 24 heavy (non-hydrogen) atoms. The van der Waals surface area contributed by atoms with Gasteiger partial charge in [0.1, 0.15) is 5.75 Å². The molecule has 0 bridgehead atoms. The van der Waals surface area contributed by atoms with E-state index in [9.17, 15) is 13.2 Å². The number of hydrogen-bond donors (Lipinski definition) is 2. The van der Waals surface area contributed by atoms with Crippen molar-refractivity contribution in [1.29, 1.82) is 0 Å². The number of carbonyl (C=O) groups is 1. The van der Waals surface area contributed by atoms with Crippen molar-refractivity contribution in [1.82, 2.24) is 15.0 Å². The fraction of sp³-hybridized carbons (Fsp3) is 0.250. The molecule has 0 aliphatic carbocycles. The van der Waals surface area contributed by atoms with Crippen molar-refractivity contribution in [3.8, 4) is 5.75 Å². The summed E-state index contributed by atoms with van der Waals surface area (Å²) in [6.45, 7) is 1.99. The van der Waals surface area contributed by atoms with Crippen molar-refractivity contribution in [2.75, 3.05) is 20.2 Å². The van der Waals surface area contributed by atoms with Crippen LogP contribution in [0.1, 0.15) is 16.1 Å². The minimum absolute atomic E-state index is 0.0828. The molecule has 128 valence electrons. The molecule has 1 heterocycles. The van der Waals surface area contributed by atoms with Crippen LogP contribution in [0.25, 0.3) is 0 Å². The predicted octanol–water partition coefficient (Wildman–Crippen LogP) is 1.11. The topological polar surface area (TPSA) is 97.4 Å². The molecule has 1 amide bonds. The summed E-state index contributed by atoms with van der Waals surface area (Å²) in [6.07, 6.45) is 1.61. The second-order valence-corrected chi connectivity index (χ2v) is 6.73. The lowest BCUT2D eigenvalue weighted by atomic mass is 10.2. The van der Waals surface area contributed by atoms with E-state index in [2.05, 4.69) is 15.0 Å². The number of rotatable bonds is 7. The van der Waals surface area contributed by atoms with Gasteiger partial charge in [0, 0.05) is 25.0 Å². The van der Waals surface area contributed by atoms with E-state index in [0.29, 0.717) is 17.0 Å². The monoisotopic (exact) mass is 349 g/mol. The SMILES string of the molecule is COc1ccc(S(=O)(=O)NCCNC(=O)c2cccnc2C)cc1. The lowest BCUT2D eigenvalue weighted by Gasteiger charge is -2.09. The molecule has 0 saturated heterocycles. The van der Waals surface area contributed by atoms with Crippen LogP contribution in [0.5, 0.6) is 5.75 Å². The molecule has 0 radical (unpaired) electrons. The van der Waals surface area contributed by atoms with Gasteiger partial charge in [-0.15, -0.1) is 0 Å². The van der Waals surface area contributed by atoms with E-state index in [-0.39, 0.29) is 23.9 Å². The molecule has 0 fully saturated rings. The average Bonchev–Trinajstić information content (AvgIpc) is 2.59. The van der Waals surface area contributed by atoms with Crippen LogP contribution in [0.3, 0.4) is 0 Å². The number of benzene rings is 1. The normalized spacial score (nSPS) is 11.1. The maximum atomic E-state index is 12.1. The first-order valence-electron chi connectivity index (χ1n) is 7.27. The highest BCUT2D eigenvalue weighted by Crippen LogP contribution is 2.14. The number of carbonyl (C=O) groups excluding carboxylic acids is 1. The minimum atomic E-state index is -3.63. The maximum absolute atomic E-state index is 12.1. The van der Waals surface area contributed by atoms with E-state index in [0.717, 1.165) is 0 Å². The molecule has 0 saturated carbocycles. The Hall–Kier alpha value is -2.45. The number of hydrogen-bond acceptors (Lipinski definition) is 5. The minimum Gasteiger partial charge on any atom is -0.497 e. The number of methoxy groups -OCH3 is 1. The largest absolute Gasteiger partial charge is 0.497 e. The summed E-state index contributed by atoms with van der Waals surface area (Å²) in [5, 5.41) is 2.66. The van der Waals surface area contributed by atoms with Crippen LogP contribution in [0.4, 0.5) is 0 Å². The summed E-state index contributed by atoms with van der Waals surface area (Å²) in [4.78, 5) is 16.2. The second-order valence-electron chi connectivity index (χ2n) is 4.97. The number of nitrogens with zero attached hydrogens (tertiary/aromatic N) is 1. The van der Waals surface area contributed by atoms with Gasteiger partial charge in [-0.05, 0) is 43.3 Å². The predicted molar refractivity (Wildman–Crippen MR) is 89.5 cm³/mol. The molecule has 7 nitrogen and oxygen atoms in total. The average molecular weight is 349 g/mol. The highest BCUT2D eigenvalue weighted by molar-refractivity contribution is 7.89. The lowest BCUT2D eigenvalue weighted by molar-refractivity contribution is 0.0953. The van der Waals surface area contributed by atoms with Gasteiger partial charge in [0.15, 0.2) is 0 Å². The summed E-state index contributed by atoms with van der Waals surface area (Å²) in [7, 11) is -2.12. The van der Waals surface area contributed by atoms with Crippen molar-refractivity contribution < 1.29 is 17.9 Å². The van der Waals surface area contributed by atoms with Gasteiger partial charge in [-0.25, -0.2) is 13.1 Å². The van der Waals surface area contributed by atoms with Crippen LogP contribution in [0, 0.1) is 6.92 Å². The fourth-order valence-corrected chi connectivity index (χ4v) is 3.05. The number of pyridine rings is 1. The van der Waals surface area contributed by atoms with Crippen LogP contribution < -0.4 is 14.8 Å². The molecular formula is C16H19N3O4S. The van der Waals surface area contributed by atoms with Gasteiger partial charge < -0.3 is 10.1 Å². The number of sulfonamides is 1. The van der Waals surface area contributed by atoms with E-state index in [1.165, 1.54) is 19.2 Å². The van der Waals surface area contributed by atoms with E-state index < -0.39 is 10.0 Å². The zero-order valence-corrected chi connectivity index (χ0v) is 14.3. The Labute approximate surface area is 141 Å². The molecular weight excluding hydrogens is 330 g/mol. The first kappa shape index (κ1) is 17.9. The van der Waals surface area contributed by atoms with Gasteiger partial charge in [-0.1, -0.05) is 0 Å². The first-order valence-corrected chi connectivity index (χ1v) is 8.76. The van der Waals surface area contributed by atoms with Crippen molar-refractivity contribution in [2.45, 2.75) is 11.8 Å². The van der Waals surface area contributed by atoms with Gasteiger partial charge >= 0.3 is 0 Å². The molecule has 0 aliphatic heterocycles. The fourth-order valence-electron chi connectivity index (χ4n) is 2.02. The van der Waals surface area contributed by atoms with Crippen molar-refractivity contribution in [2.24, 2.45) is 0 Å². The zero-order chi connectivity index (χ0) is 17.6. The first-order chi connectivity index (χ1) is 11.4. The Balaban J connectivity index is 1.87. The third-order valence-corrected chi connectivity index (χ3v) is 4.80. The summed E-state index contributed by atoms with van der Waals surface area (Å²) >= 11 is 0. The van der Waals surface area contributed by atoms with Crippen LogP contribution in [0.2, 0.25) is 0 Å². The van der Waals surface area contributed by atoms with Gasteiger partial charge in [-0.2, -0.15) is 0 Å². The van der Waals surface area contributed by atoms with E-state index in [1.54, 1.807) is 37.4 Å². The number of nitrogens with one attached hydrogen (secondary N) is 2. The summed E-state index contributed by atoms with van der Waals surface area (Å²) < 4.78 is 31.7. The highest BCUT2D eigenvalue weighted by atomic mass is 32.2. The molecule has 8 heteroatoms. The molecule has 0 aliphatic rings. The lowest BCUT2D eigenvalue weighted by Crippen LogP contribution is -2.35. The van der Waals surface area contributed by atoms with E-state index >= 15 is 0 Å². The second kappa shape index (κ2) is 7.89. The van der Waals surface area contributed by atoms with Crippen molar-refractivity contribution in [3.63, 3.8) is 0 Å². The Morgan fingerprint density at radius 3 is 2.50 bits per heavy atom. The molecule has 2 N–H and O–H groups in total. The Morgan fingerprint density at radius 1 is 1.17 bits per heavy atom. The molecule has 0 atom stereocenters. The maximum Gasteiger partial charge on any atom is 0.253 e. The Morgan fingerprint density at radius 2 is 1.88 bits per heavy atom. The Bertz CT molecular complexity index is 804. The highest BCUT2D eigenvalue weighted by Gasteiger charge is 2.14. The van der Waals surface area contributed by atoms with Gasteiger partial charge in [0.2, 0.25) is 10.0 Å². The van der Waals surface area contributed by atoms with Crippen LogP contribution >= 0.6 is 0 Å². The molecule has 1 aromatic carbocycles. The van der Waals surface area contributed by atoms with Crippen LogP contribution in [-0.4, -0.2) is 39.5 Å². The third-order valence-electron chi connectivity index (χ3n) is 3.32. The number of amides is 1. The summed E-state index contributed by atoms with van der Waals surface area (Å²) in [6, 6.07) is 9.40. The summed E-state index contributed by atoms with van der Waals surface area (Å²) in [5.74, 6) is 0.289. The number of aromatic nitrogens is 1. The van der Waals surface area contributed by atoms with Gasteiger partial charge in [0.05, 0.1) is 17.6 Å². The van der Waals surface area contributed by atoms with Crippen molar-refractivity contribution >= 4 is 15.9 Å². The molecule has 0 unspecified atom stereocenters. The number of ether oxygens (including phenoxy) is 1. The van der Waals surface area contributed by atoms with E-state index in [4.69, 9.17) is 4.74 Å². The van der Waals surface area contributed by atoms with Crippen LogP contribution in [0.15, 0.2) is 47.5 Å². The zero-order valence-electron chi connectivity index (χ0n) is 13.4. The molecule has 2 aromatic rings. The molecule has 2 rings (SSSR count). The molecule has 0 spiro atoms. The van der Waals surface area contributed by atoms with E-state index in [1.807, 2.05) is 0 Å². The Kier molecular flexibility index (Phi) is 5.88. The van der Waals surface area contributed by atoms with Crippen molar-refractivity contribution in [3.05, 3.63) is 53.9 Å².